The van der Waals surface area contributed by atoms with E-state index in [0.717, 1.165) is 12.1 Å². The van der Waals surface area contributed by atoms with Crippen molar-refractivity contribution in [2.24, 2.45) is 5.73 Å². The van der Waals surface area contributed by atoms with Gasteiger partial charge < -0.3 is 20.5 Å². The molecule has 2 amide bonds. The maximum atomic E-state index is 13.9. The number of nitrogens with two attached hydrogens (primary N) is 1. The van der Waals surface area contributed by atoms with Crippen LogP contribution in [0.4, 0.5) is 8.78 Å². The molecule has 1 aromatic heterocycles. The molecule has 0 fully saturated rings. The fourth-order valence-electron chi connectivity index (χ4n) is 3.33. The summed E-state index contributed by atoms with van der Waals surface area (Å²) in [6.45, 7) is 2.93. The van der Waals surface area contributed by atoms with E-state index >= 15 is 0 Å². The number of aromatic nitrogens is 2. The van der Waals surface area contributed by atoms with Gasteiger partial charge in [0.2, 0.25) is 11.8 Å². The van der Waals surface area contributed by atoms with Crippen molar-refractivity contribution in [1.29, 1.82) is 0 Å². The minimum absolute atomic E-state index is 0.0192. The number of primary amides is 1. The highest BCUT2D eigenvalue weighted by Crippen LogP contribution is 2.24. The second kappa shape index (κ2) is 11.4. The Morgan fingerprint density at radius 1 is 1.19 bits per heavy atom. The van der Waals surface area contributed by atoms with Gasteiger partial charge in [-0.25, -0.2) is 8.78 Å². The van der Waals surface area contributed by atoms with Crippen LogP contribution in [-0.4, -0.2) is 41.1 Å². The lowest BCUT2D eigenvalue weighted by atomic mass is 10.1. The maximum absolute atomic E-state index is 13.9. The second-order valence-corrected chi connectivity index (χ2v) is 8.57. The van der Waals surface area contributed by atoms with Crippen LogP contribution in [-0.2, 0) is 16.1 Å². The number of benzene rings is 2. The molecule has 0 bridgehead atoms. The molecule has 12 heteroatoms. The van der Waals surface area contributed by atoms with Gasteiger partial charge in [-0.15, -0.1) is 0 Å². The topological polar surface area (TPSA) is 126 Å². The molecule has 0 aliphatic carbocycles. The van der Waals surface area contributed by atoms with Gasteiger partial charge in [-0.2, -0.15) is 4.98 Å². The summed E-state index contributed by atoms with van der Waals surface area (Å²) in [5, 5.41) is 2.57. The fraction of sp³-hybridized carbons (Fsp3) is 0.250. The fourth-order valence-corrected chi connectivity index (χ4v) is 3.71. The van der Waals surface area contributed by atoms with Gasteiger partial charge in [-0.05, 0) is 59.6 Å². The number of carbonyl (C=O) groups excluding carboxylic acids is 2. The first-order valence-electron chi connectivity index (χ1n) is 10.6. The number of ether oxygens (including phenoxy) is 2. The molecular weight excluding hydrogens is 542 g/mol. The summed E-state index contributed by atoms with van der Waals surface area (Å²) < 4.78 is 38.8. The summed E-state index contributed by atoms with van der Waals surface area (Å²) in [6, 6.07) is 7.81. The van der Waals surface area contributed by atoms with Gasteiger partial charge >= 0.3 is 0 Å². The Balaban J connectivity index is 1.89. The van der Waals surface area contributed by atoms with E-state index in [2.05, 4.69) is 26.2 Å². The molecule has 0 aliphatic rings. The number of rotatable bonds is 9. The lowest BCUT2D eigenvalue weighted by molar-refractivity contribution is -0.127. The number of hydrogen-bond donors (Lipinski definition) is 2. The third-order valence-electron chi connectivity index (χ3n) is 5.31. The van der Waals surface area contributed by atoms with Gasteiger partial charge in [0, 0.05) is 24.3 Å². The van der Waals surface area contributed by atoms with E-state index in [0.29, 0.717) is 11.3 Å². The minimum atomic E-state index is -0.986. The molecule has 190 valence electrons. The predicted molar refractivity (Wildman–Crippen MR) is 130 cm³/mol. The molecule has 0 saturated heterocycles. The van der Waals surface area contributed by atoms with Gasteiger partial charge in [-0.1, -0.05) is 6.07 Å². The third kappa shape index (κ3) is 5.94. The zero-order valence-corrected chi connectivity index (χ0v) is 21.2. The van der Waals surface area contributed by atoms with Crippen molar-refractivity contribution in [3.05, 3.63) is 85.4 Å². The molecule has 0 saturated carbocycles. The van der Waals surface area contributed by atoms with Crippen molar-refractivity contribution in [2.45, 2.75) is 26.6 Å². The number of halogens is 3. The first-order chi connectivity index (χ1) is 17.0. The third-order valence-corrected chi connectivity index (χ3v) is 5.99. The van der Waals surface area contributed by atoms with E-state index in [9.17, 15) is 23.2 Å². The zero-order valence-electron chi connectivity index (χ0n) is 19.6. The van der Waals surface area contributed by atoms with Crippen molar-refractivity contribution >= 4 is 27.7 Å². The quantitative estimate of drug-likeness (QED) is 0.411. The van der Waals surface area contributed by atoms with E-state index < -0.39 is 35.1 Å². The van der Waals surface area contributed by atoms with Gasteiger partial charge in [0.05, 0.1) is 12.2 Å². The normalized spacial score (nSPS) is 11.7. The SMILES string of the molecule is COC(CNC(=O)c1ccc(C)c(-n2c(C)nc(OCc3ccc(F)cc3F)c(Br)c2=O)c1)C(N)=O. The minimum Gasteiger partial charge on any atom is -0.472 e. The number of hydrogen-bond acceptors (Lipinski definition) is 6. The van der Waals surface area contributed by atoms with Crippen LogP contribution in [0.1, 0.15) is 27.3 Å². The molecule has 3 N–H and O–H groups in total. The number of nitrogens with zero attached hydrogens (tertiary/aromatic N) is 2. The van der Waals surface area contributed by atoms with Crippen molar-refractivity contribution in [3.63, 3.8) is 0 Å². The number of nitrogens with one attached hydrogen (secondary N) is 1. The molecule has 0 radical (unpaired) electrons. The number of aryl methyl sites for hydroxylation is 2. The molecule has 36 heavy (non-hydrogen) atoms. The molecule has 0 spiro atoms. The van der Waals surface area contributed by atoms with Crippen molar-refractivity contribution in [1.82, 2.24) is 14.9 Å². The van der Waals surface area contributed by atoms with Crippen LogP contribution in [0.2, 0.25) is 0 Å². The molecule has 2 aromatic carbocycles. The van der Waals surface area contributed by atoms with E-state index in [4.69, 9.17) is 15.2 Å². The van der Waals surface area contributed by atoms with E-state index in [1.54, 1.807) is 26.0 Å². The largest absolute Gasteiger partial charge is 0.472 e. The molecule has 1 heterocycles. The standard InChI is InChI=1S/C24H23BrF2N4O5/c1-12-4-5-14(22(33)29-10-19(35-3)21(28)32)8-18(12)31-13(2)30-23(20(25)24(31)34)36-11-15-6-7-16(26)9-17(15)27/h4-9,19H,10-11H2,1-3H3,(H2,28,32)(H,29,33). The maximum Gasteiger partial charge on any atom is 0.276 e. The molecule has 0 aliphatic heterocycles. The molecule has 3 aromatic rings. The Morgan fingerprint density at radius 3 is 2.56 bits per heavy atom. The lowest BCUT2D eigenvalue weighted by Gasteiger charge is -2.17. The Kier molecular flexibility index (Phi) is 8.53. The summed E-state index contributed by atoms with van der Waals surface area (Å²) in [5.41, 5.74) is 6.08. The first-order valence-corrected chi connectivity index (χ1v) is 11.4. The summed E-state index contributed by atoms with van der Waals surface area (Å²) >= 11 is 3.19. The Morgan fingerprint density at radius 2 is 1.92 bits per heavy atom. The van der Waals surface area contributed by atoms with E-state index in [1.165, 1.54) is 23.8 Å². The molecule has 1 atom stereocenters. The molecular formula is C24H23BrF2N4O5. The summed E-state index contributed by atoms with van der Waals surface area (Å²) in [6.07, 6.45) is -0.986. The van der Waals surface area contributed by atoms with E-state index in [-0.39, 0.29) is 40.5 Å². The molecule has 1 unspecified atom stereocenters. The van der Waals surface area contributed by atoms with Crippen LogP contribution in [0, 0.1) is 25.5 Å². The highest BCUT2D eigenvalue weighted by atomic mass is 79.9. The number of methoxy groups -OCH3 is 1. The Labute approximate surface area is 213 Å². The average molecular weight is 565 g/mol. The first kappa shape index (κ1) is 27.0. The number of carbonyl (C=O) groups is 2. The van der Waals surface area contributed by atoms with Gasteiger partial charge in [-0.3, -0.25) is 19.0 Å². The molecule has 9 nitrogen and oxygen atoms in total. The summed E-state index contributed by atoms with van der Waals surface area (Å²) in [5.74, 6) is -2.54. The Bertz CT molecular complexity index is 1380. The van der Waals surface area contributed by atoms with Gasteiger partial charge in [0.25, 0.3) is 11.5 Å². The highest BCUT2D eigenvalue weighted by molar-refractivity contribution is 9.10. The Hall–Kier alpha value is -3.64. The van der Waals surface area contributed by atoms with Crippen molar-refractivity contribution in [3.8, 4) is 11.6 Å². The summed E-state index contributed by atoms with van der Waals surface area (Å²) in [7, 11) is 1.30. The lowest BCUT2D eigenvalue weighted by Crippen LogP contribution is -2.41. The molecule has 3 rings (SSSR count). The van der Waals surface area contributed by atoms with Crippen molar-refractivity contribution < 1.29 is 27.8 Å². The predicted octanol–water partition coefficient (Wildman–Crippen LogP) is 2.70. The van der Waals surface area contributed by atoms with Crippen LogP contribution in [0.3, 0.4) is 0 Å². The zero-order chi connectivity index (χ0) is 26.6. The van der Waals surface area contributed by atoms with Crippen LogP contribution in [0.25, 0.3) is 5.69 Å². The second-order valence-electron chi connectivity index (χ2n) is 7.78. The van der Waals surface area contributed by atoms with Crippen LogP contribution in [0.15, 0.2) is 45.7 Å². The number of amides is 2. The average Bonchev–Trinajstić information content (AvgIpc) is 2.82. The van der Waals surface area contributed by atoms with Gasteiger partial charge in [0.1, 0.15) is 28.5 Å². The van der Waals surface area contributed by atoms with Crippen LogP contribution >= 0.6 is 15.9 Å². The van der Waals surface area contributed by atoms with Gasteiger partial charge in [0.15, 0.2) is 6.10 Å². The van der Waals surface area contributed by atoms with Crippen molar-refractivity contribution in [2.75, 3.05) is 13.7 Å². The van der Waals surface area contributed by atoms with Crippen LogP contribution < -0.4 is 21.3 Å². The monoisotopic (exact) mass is 564 g/mol. The highest BCUT2D eigenvalue weighted by Gasteiger charge is 2.20. The van der Waals surface area contributed by atoms with Crippen LogP contribution in [0.5, 0.6) is 5.88 Å². The van der Waals surface area contributed by atoms with E-state index in [1.807, 2.05) is 0 Å². The summed E-state index contributed by atoms with van der Waals surface area (Å²) in [4.78, 5) is 41.5. The smallest absolute Gasteiger partial charge is 0.276 e.